The lowest BCUT2D eigenvalue weighted by Crippen LogP contribution is -2.34. The van der Waals surface area contributed by atoms with Crippen molar-refractivity contribution in [3.05, 3.63) is 131 Å². The second kappa shape index (κ2) is 15.8. The van der Waals surface area contributed by atoms with E-state index >= 15 is 0 Å². The van der Waals surface area contributed by atoms with E-state index in [9.17, 15) is 5.11 Å². The van der Waals surface area contributed by atoms with Gasteiger partial charge in [-0.3, -0.25) is 0 Å². The predicted molar refractivity (Wildman–Crippen MR) is 211 cm³/mol. The lowest BCUT2D eigenvalue weighted by molar-refractivity contribution is -0.00922. The van der Waals surface area contributed by atoms with Gasteiger partial charge in [0.25, 0.3) is 0 Å². The van der Waals surface area contributed by atoms with Crippen LogP contribution in [0.25, 0.3) is 11.2 Å². The molecule has 0 radical (unpaired) electrons. The van der Waals surface area contributed by atoms with E-state index in [0.717, 1.165) is 46.8 Å². The van der Waals surface area contributed by atoms with Gasteiger partial charge in [0.1, 0.15) is 17.1 Å². The van der Waals surface area contributed by atoms with Crippen molar-refractivity contribution in [1.29, 1.82) is 0 Å². The molecule has 11 heteroatoms. The fourth-order valence-electron chi connectivity index (χ4n) is 7.80. The Morgan fingerprint density at radius 2 is 1.43 bits per heavy atom. The van der Waals surface area contributed by atoms with Crippen LogP contribution in [0.5, 0.6) is 11.5 Å². The maximum Gasteiger partial charge on any atom is 0.191 e. The Morgan fingerprint density at radius 3 is 2.06 bits per heavy atom. The van der Waals surface area contributed by atoms with Crippen LogP contribution in [0, 0.1) is 5.92 Å². The Morgan fingerprint density at radius 1 is 0.796 bits per heavy atom. The number of aliphatic hydroxyl groups excluding tert-OH is 1. The maximum absolute atomic E-state index is 11.6. The number of rotatable bonds is 15. The number of thioether (sulfide) groups is 1. The molecular weight excluding hydrogens is 697 g/mol. The summed E-state index contributed by atoms with van der Waals surface area (Å²) in [5, 5.41) is 25.2. The monoisotopic (exact) mass is 742 g/mol. The van der Waals surface area contributed by atoms with Gasteiger partial charge >= 0.3 is 0 Å². The highest BCUT2D eigenvalue weighted by Gasteiger charge is 2.43. The smallest absolute Gasteiger partial charge is 0.191 e. The molecule has 4 aromatic carbocycles. The van der Waals surface area contributed by atoms with Gasteiger partial charge in [0.2, 0.25) is 0 Å². The molecule has 2 fully saturated rings. The zero-order valence-electron chi connectivity index (χ0n) is 30.8. The van der Waals surface area contributed by atoms with Crippen LogP contribution >= 0.6 is 11.8 Å². The number of nitrogens with zero attached hydrogens (tertiary/aromatic N) is 5. The van der Waals surface area contributed by atoms with Crippen LogP contribution < -0.4 is 14.8 Å². The topological polar surface area (TPSA) is 116 Å². The van der Waals surface area contributed by atoms with Gasteiger partial charge in [0.15, 0.2) is 22.1 Å². The molecule has 2 N–H and O–H groups in total. The first kappa shape index (κ1) is 36.0. The Bertz CT molecular complexity index is 2100. The van der Waals surface area contributed by atoms with Crippen molar-refractivity contribution in [2.24, 2.45) is 5.92 Å². The molecular formula is C43H46N6O4S. The zero-order valence-corrected chi connectivity index (χ0v) is 31.7. The average molecular weight is 743 g/mol. The molecule has 2 aliphatic carbocycles. The summed E-state index contributed by atoms with van der Waals surface area (Å²) in [6, 6.07) is 36.9. The highest BCUT2D eigenvalue weighted by atomic mass is 32.2. The Hall–Kier alpha value is -4.97. The van der Waals surface area contributed by atoms with Crippen molar-refractivity contribution >= 4 is 28.7 Å². The number of hydrogen-bond donors (Lipinski definition) is 2. The van der Waals surface area contributed by atoms with Crippen LogP contribution in [0.2, 0.25) is 0 Å². The van der Waals surface area contributed by atoms with E-state index in [1.807, 2.05) is 53.2 Å². The fourth-order valence-corrected chi connectivity index (χ4v) is 8.49. The number of nitrogens with one attached hydrogen (secondary N) is 1. The minimum absolute atomic E-state index is 0.0373. The summed E-state index contributed by atoms with van der Waals surface area (Å²) < 4.78 is 20.1. The Kier molecular flexibility index (Phi) is 10.5. The lowest BCUT2D eigenvalue weighted by atomic mass is 9.80. The quantitative estimate of drug-likeness (QED) is 0.0609. The van der Waals surface area contributed by atoms with Crippen LogP contribution in [0.4, 0.5) is 5.82 Å². The van der Waals surface area contributed by atoms with Gasteiger partial charge in [-0.25, -0.2) is 14.6 Å². The summed E-state index contributed by atoms with van der Waals surface area (Å²) in [5.41, 5.74) is 4.58. The van der Waals surface area contributed by atoms with E-state index in [4.69, 9.17) is 24.2 Å². The summed E-state index contributed by atoms with van der Waals surface area (Å²) in [5.74, 6) is 3.60. The van der Waals surface area contributed by atoms with Crippen molar-refractivity contribution in [3.8, 4) is 11.5 Å². The summed E-state index contributed by atoms with van der Waals surface area (Å²) >= 11 is 1.63. The third-order valence-electron chi connectivity index (χ3n) is 10.7. The van der Waals surface area contributed by atoms with Gasteiger partial charge in [-0.2, -0.15) is 0 Å². The van der Waals surface area contributed by atoms with Crippen LogP contribution in [0.15, 0.2) is 114 Å². The van der Waals surface area contributed by atoms with E-state index in [2.05, 4.69) is 83.2 Å². The van der Waals surface area contributed by atoms with Crippen LogP contribution in [0.1, 0.15) is 66.8 Å². The van der Waals surface area contributed by atoms with E-state index in [0.29, 0.717) is 47.5 Å². The normalized spacial score (nSPS) is 20.9. The van der Waals surface area contributed by atoms with E-state index < -0.39 is 11.7 Å². The van der Waals surface area contributed by atoms with Crippen molar-refractivity contribution in [1.82, 2.24) is 25.0 Å². The molecule has 0 amide bonds. The van der Waals surface area contributed by atoms with Crippen molar-refractivity contribution in [3.63, 3.8) is 0 Å². The number of methoxy groups -OCH3 is 2. The van der Waals surface area contributed by atoms with E-state index in [1.54, 1.807) is 26.0 Å². The van der Waals surface area contributed by atoms with E-state index in [-0.39, 0.29) is 18.0 Å². The van der Waals surface area contributed by atoms with Crippen molar-refractivity contribution < 1.29 is 19.3 Å². The minimum Gasteiger partial charge on any atom is -0.497 e. The first-order chi connectivity index (χ1) is 26.5. The molecule has 2 saturated carbocycles. The second-order valence-electron chi connectivity index (χ2n) is 14.2. The molecule has 278 valence electrons. The fraction of sp³-hybridized carbons (Fsp3) is 0.349. The molecule has 54 heavy (non-hydrogen) atoms. The first-order valence-electron chi connectivity index (χ1n) is 18.7. The molecule has 0 bridgehead atoms. The Labute approximate surface area is 320 Å². The van der Waals surface area contributed by atoms with E-state index in [1.165, 1.54) is 5.56 Å². The summed E-state index contributed by atoms with van der Waals surface area (Å²) in [4.78, 5) is 9.87. The van der Waals surface area contributed by atoms with Crippen molar-refractivity contribution in [2.75, 3.05) is 31.9 Å². The molecule has 8 rings (SSSR count). The molecule has 0 aliphatic heterocycles. The molecule has 0 saturated heterocycles. The van der Waals surface area contributed by atoms with Crippen molar-refractivity contribution in [2.45, 2.75) is 67.5 Å². The summed E-state index contributed by atoms with van der Waals surface area (Å²) in [7, 11) is 3.34. The summed E-state index contributed by atoms with van der Waals surface area (Å²) in [6.07, 6.45) is 2.59. The SMILES string of the molecule is CCCSc1nc(NC2CC2c2ccccc2)c2nnn([C@@H]3C[C@H](COC(c4ccccc4)(c4ccc(OC)cc4)c4ccc(OC)cc4)C[C@H]3O)c2n1. The lowest BCUT2D eigenvalue weighted by Gasteiger charge is -2.37. The molecule has 2 aromatic heterocycles. The number of fused-ring (bicyclic) bond motifs is 1. The molecule has 6 aromatic rings. The summed E-state index contributed by atoms with van der Waals surface area (Å²) in [6.45, 7) is 2.55. The van der Waals surface area contributed by atoms with Crippen LogP contribution in [-0.2, 0) is 10.3 Å². The van der Waals surface area contributed by atoms with Gasteiger partial charge in [-0.05, 0) is 78.1 Å². The van der Waals surface area contributed by atoms with Gasteiger partial charge in [0, 0.05) is 17.7 Å². The number of benzene rings is 4. The maximum atomic E-state index is 11.6. The molecule has 2 heterocycles. The number of aromatic nitrogens is 5. The molecule has 5 atom stereocenters. The highest BCUT2D eigenvalue weighted by Crippen LogP contribution is 2.46. The van der Waals surface area contributed by atoms with Crippen LogP contribution in [0.3, 0.4) is 0 Å². The van der Waals surface area contributed by atoms with Crippen LogP contribution in [-0.4, -0.2) is 68.8 Å². The number of hydrogen-bond acceptors (Lipinski definition) is 10. The third-order valence-corrected chi connectivity index (χ3v) is 11.7. The molecule has 2 aliphatic rings. The highest BCUT2D eigenvalue weighted by molar-refractivity contribution is 7.99. The zero-order chi connectivity index (χ0) is 37.1. The molecule has 0 spiro atoms. The van der Waals surface area contributed by atoms with Gasteiger partial charge in [0.05, 0.1) is 33.0 Å². The molecule has 2 unspecified atom stereocenters. The Balaban J connectivity index is 1.09. The van der Waals surface area contributed by atoms with Gasteiger partial charge < -0.3 is 24.6 Å². The molecule has 10 nitrogen and oxygen atoms in total. The van der Waals surface area contributed by atoms with Gasteiger partial charge in [-0.1, -0.05) is 109 Å². The predicted octanol–water partition coefficient (Wildman–Crippen LogP) is 8.03. The first-order valence-corrected chi connectivity index (χ1v) is 19.7. The standard InChI is InChI=1S/C43H46N6O4S/c1-4-23-54-42-45-40(44-36-26-35(36)29-11-7-5-8-12-29)39-41(46-42)49(48-47-39)37-24-28(25-38(37)50)27-53-43(30-13-9-6-10-14-30,31-15-19-33(51-2)20-16-31)32-17-21-34(52-3)22-18-32/h5-22,28,35-38,50H,4,23-27H2,1-3H3,(H,44,45,46)/t28-,35?,36?,37+,38+/m0/s1. The third kappa shape index (κ3) is 7.15. The number of ether oxygens (including phenoxy) is 3. The minimum atomic E-state index is -0.942. The largest absolute Gasteiger partial charge is 0.497 e. The number of aliphatic hydroxyl groups is 1. The number of anilines is 1. The second-order valence-corrected chi connectivity index (χ2v) is 15.3. The van der Waals surface area contributed by atoms with Gasteiger partial charge in [-0.15, -0.1) is 5.10 Å². The average Bonchev–Trinajstić information content (AvgIpc) is 3.71.